The van der Waals surface area contributed by atoms with Crippen molar-refractivity contribution in [3.8, 4) is 0 Å². The summed E-state index contributed by atoms with van der Waals surface area (Å²) in [5, 5.41) is 0. The predicted molar refractivity (Wildman–Crippen MR) is 69.9 cm³/mol. The van der Waals surface area contributed by atoms with Crippen LogP contribution in [0.1, 0.15) is 25.7 Å². The first-order valence-corrected chi connectivity index (χ1v) is 8.28. The lowest BCUT2D eigenvalue weighted by atomic mass is 10.0. The number of nitrogens with zero attached hydrogens (tertiary/aromatic N) is 1. The lowest BCUT2D eigenvalue weighted by Gasteiger charge is -2.26. The number of alkyl halides is 1. The molecule has 1 aliphatic heterocycles. The fourth-order valence-corrected chi connectivity index (χ4v) is 3.45. The topological polar surface area (TPSA) is 46.6 Å². The summed E-state index contributed by atoms with van der Waals surface area (Å²) < 4.78 is 30.6. The molecule has 0 bridgehead atoms. The average Bonchev–Trinajstić information content (AvgIpc) is 2.30. The average molecular weight is 284 g/mol. The van der Waals surface area contributed by atoms with Gasteiger partial charge in [0.25, 0.3) is 0 Å². The van der Waals surface area contributed by atoms with Crippen LogP contribution in [0.2, 0.25) is 0 Å². The molecule has 17 heavy (non-hydrogen) atoms. The Morgan fingerprint density at radius 1 is 1.29 bits per heavy atom. The van der Waals surface area contributed by atoms with Gasteiger partial charge in [-0.05, 0) is 31.6 Å². The molecule has 0 aliphatic carbocycles. The SMILES string of the molecule is CN(CC1CCOCC1)S(=O)(=O)CCCCCl. The van der Waals surface area contributed by atoms with Crippen molar-refractivity contribution in [1.29, 1.82) is 0 Å². The second-order valence-electron chi connectivity index (χ2n) is 4.55. The molecule has 1 rings (SSSR count). The molecule has 0 unspecified atom stereocenters. The van der Waals surface area contributed by atoms with Crippen LogP contribution in [0.15, 0.2) is 0 Å². The summed E-state index contributed by atoms with van der Waals surface area (Å²) in [6, 6.07) is 0. The summed E-state index contributed by atoms with van der Waals surface area (Å²) >= 11 is 5.54. The Hall–Kier alpha value is 0.160. The van der Waals surface area contributed by atoms with E-state index in [1.165, 1.54) is 4.31 Å². The van der Waals surface area contributed by atoms with Gasteiger partial charge in [0.15, 0.2) is 0 Å². The van der Waals surface area contributed by atoms with Crippen molar-refractivity contribution < 1.29 is 13.2 Å². The van der Waals surface area contributed by atoms with E-state index in [2.05, 4.69) is 0 Å². The van der Waals surface area contributed by atoms with Crippen LogP contribution in [-0.4, -0.2) is 51.2 Å². The molecule has 1 saturated heterocycles. The van der Waals surface area contributed by atoms with Gasteiger partial charge in [-0.1, -0.05) is 0 Å². The molecule has 4 nitrogen and oxygen atoms in total. The quantitative estimate of drug-likeness (QED) is 0.528. The van der Waals surface area contributed by atoms with Crippen molar-refractivity contribution in [2.45, 2.75) is 25.7 Å². The maximum absolute atomic E-state index is 11.9. The van der Waals surface area contributed by atoms with Crippen LogP contribution in [-0.2, 0) is 14.8 Å². The van der Waals surface area contributed by atoms with Crippen LogP contribution in [0.3, 0.4) is 0 Å². The molecule has 0 N–H and O–H groups in total. The lowest BCUT2D eigenvalue weighted by molar-refractivity contribution is 0.0620. The second-order valence-corrected chi connectivity index (χ2v) is 7.12. The monoisotopic (exact) mass is 283 g/mol. The van der Waals surface area contributed by atoms with Gasteiger partial charge in [0.05, 0.1) is 5.75 Å². The molecule has 0 aromatic rings. The Morgan fingerprint density at radius 3 is 2.53 bits per heavy atom. The van der Waals surface area contributed by atoms with Crippen molar-refractivity contribution in [3.05, 3.63) is 0 Å². The zero-order valence-corrected chi connectivity index (χ0v) is 12.0. The Labute approximate surface area is 109 Å². The third-order valence-corrected chi connectivity index (χ3v) is 5.29. The van der Waals surface area contributed by atoms with E-state index in [0.717, 1.165) is 32.5 Å². The first-order chi connectivity index (χ1) is 8.06. The molecule has 0 radical (unpaired) electrons. The molecule has 0 spiro atoms. The molecule has 0 aromatic heterocycles. The number of unbranched alkanes of at least 4 members (excludes halogenated alkanes) is 1. The van der Waals surface area contributed by atoms with E-state index >= 15 is 0 Å². The van der Waals surface area contributed by atoms with E-state index in [4.69, 9.17) is 16.3 Å². The zero-order chi connectivity index (χ0) is 12.7. The first kappa shape index (κ1) is 15.2. The summed E-state index contributed by atoms with van der Waals surface area (Å²) in [7, 11) is -1.43. The standard InChI is InChI=1S/C11H22ClNO3S/c1-13(10-11-4-7-16-8-5-11)17(14,15)9-3-2-6-12/h11H,2-10H2,1H3. The minimum Gasteiger partial charge on any atom is -0.381 e. The van der Waals surface area contributed by atoms with Crippen LogP contribution in [0.4, 0.5) is 0 Å². The summed E-state index contributed by atoms with van der Waals surface area (Å²) in [5.74, 6) is 1.18. The molecule has 102 valence electrons. The predicted octanol–water partition coefficient (Wildman–Crippen LogP) is 1.69. The molecular formula is C11H22ClNO3S. The smallest absolute Gasteiger partial charge is 0.213 e. The third kappa shape index (κ3) is 5.55. The van der Waals surface area contributed by atoms with Gasteiger partial charge >= 0.3 is 0 Å². The van der Waals surface area contributed by atoms with Crippen molar-refractivity contribution >= 4 is 21.6 Å². The van der Waals surface area contributed by atoms with E-state index in [9.17, 15) is 8.42 Å². The Kier molecular flexibility index (Phi) is 6.77. The van der Waals surface area contributed by atoms with E-state index in [0.29, 0.717) is 24.8 Å². The van der Waals surface area contributed by atoms with Gasteiger partial charge < -0.3 is 4.74 Å². The van der Waals surface area contributed by atoms with Gasteiger partial charge in [0.2, 0.25) is 10.0 Å². The number of sulfonamides is 1. The second kappa shape index (κ2) is 7.56. The Bertz CT molecular complexity index is 302. The minimum atomic E-state index is -3.10. The van der Waals surface area contributed by atoms with Crippen LogP contribution in [0, 0.1) is 5.92 Å². The summed E-state index contributed by atoms with van der Waals surface area (Å²) in [6.07, 6.45) is 3.32. The first-order valence-electron chi connectivity index (χ1n) is 6.14. The molecular weight excluding hydrogens is 262 g/mol. The molecule has 0 aromatic carbocycles. The maximum Gasteiger partial charge on any atom is 0.213 e. The van der Waals surface area contributed by atoms with Crippen LogP contribution in [0.25, 0.3) is 0 Å². The number of hydrogen-bond acceptors (Lipinski definition) is 3. The summed E-state index contributed by atoms with van der Waals surface area (Å²) in [6.45, 7) is 2.13. The van der Waals surface area contributed by atoms with E-state index in [1.54, 1.807) is 7.05 Å². The molecule has 0 amide bonds. The third-order valence-electron chi connectivity index (χ3n) is 3.12. The number of hydrogen-bond donors (Lipinski definition) is 0. The molecule has 1 fully saturated rings. The number of ether oxygens (including phenoxy) is 1. The largest absolute Gasteiger partial charge is 0.381 e. The molecule has 0 saturated carbocycles. The highest BCUT2D eigenvalue weighted by Gasteiger charge is 2.22. The van der Waals surface area contributed by atoms with E-state index in [1.807, 2.05) is 0 Å². The number of rotatable bonds is 7. The summed E-state index contributed by atoms with van der Waals surface area (Å²) in [5.41, 5.74) is 0. The number of halogens is 1. The highest BCUT2D eigenvalue weighted by Crippen LogP contribution is 2.17. The van der Waals surface area contributed by atoms with Crippen molar-refractivity contribution in [2.75, 3.05) is 38.4 Å². The van der Waals surface area contributed by atoms with Gasteiger partial charge in [-0.3, -0.25) is 0 Å². The fraction of sp³-hybridized carbons (Fsp3) is 1.00. The van der Waals surface area contributed by atoms with Gasteiger partial charge in [-0.2, -0.15) is 0 Å². The molecule has 6 heteroatoms. The zero-order valence-electron chi connectivity index (χ0n) is 10.4. The van der Waals surface area contributed by atoms with Crippen molar-refractivity contribution in [1.82, 2.24) is 4.31 Å². The van der Waals surface area contributed by atoms with E-state index in [-0.39, 0.29) is 5.75 Å². The normalized spacial score (nSPS) is 18.8. The molecule has 1 aliphatic rings. The van der Waals surface area contributed by atoms with Gasteiger partial charge in [-0.25, -0.2) is 12.7 Å². The minimum absolute atomic E-state index is 0.208. The summed E-state index contributed by atoms with van der Waals surface area (Å²) in [4.78, 5) is 0. The van der Waals surface area contributed by atoms with Crippen molar-refractivity contribution in [3.63, 3.8) is 0 Å². The van der Waals surface area contributed by atoms with Crippen LogP contribution in [0.5, 0.6) is 0 Å². The van der Waals surface area contributed by atoms with Crippen LogP contribution >= 0.6 is 11.6 Å². The molecule has 0 atom stereocenters. The highest BCUT2D eigenvalue weighted by molar-refractivity contribution is 7.89. The van der Waals surface area contributed by atoms with E-state index < -0.39 is 10.0 Å². The molecule has 1 heterocycles. The van der Waals surface area contributed by atoms with Crippen LogP contribution < -0.4 is 0 Å². The maximum atomic E-state index is 11.9. The van der Waals surface area contributed by atoms with Gasteiger partial charge in [0.1, 0.15) is 0 Å². The van der Waals surface area contributed by atoms with Gasteiger partial charge in [-0.15, -0.1) is 11.6 Å². The highest BCUT2D eigenvalue weighted by atomic mass is 35.5. The fourth-order valence-electron chi connectivity index (χ4n) is 1.94. The lowest BCUT2D eigenvalue weighted by Crippen LogP contribution is -2.35. The Balaban J connectivity index is 2.36. The van der Waals surface area contributed by atoms with Gasteiger partial charge in [0, 0.05) is 32.7 Å². The van der Waals surface area contributed by atoms with Crippen molar-refractivity contribution in [2.24, 2.45) is 5.92 Å². The Morgan fingerprint density at radius 2 is 1.94 bits per heavy atom.